The summed E-state index contributed by atoms with van der Waals surface area (Å²) in [5.41, 5.74) is -10.7. The Balaban J connectivity index is 1.83. The van der Waals surface area contributed by atoms with Gasteiger partial charge in [-0.2, -0.15) is 39.5 Å². The number of aliphatic carboxylic acids is 1. The van der Waals surface area contributed by atoms with Crippen LogP contribution in [0, 0.1) is 11.3 Å². The maximum absolute atomic E-state index is 14.8. The first-order chi connectivity index (χ1) is 21.5. The Kier molecular flexibility index (Phi) is 9.27. The molecule has 4 rings (SSSR count). The van der Waals surface area contributed by atoms with E-state index in [4.69, 9.17) is 0 Å². The van der Waals surface area contributed by atoms with Crippen LogP contribution in [0.3, 0.4) is 0 Å². The quantitative estimate of drug-likeness (QED) is 0.300. The Morgan fingerprint density at radius 3 is 1.87 bits per heavy atom. The molecule has 0 bridgehead atoms. The first-order valence-electron chi connectivity index (χ1n) is 14.3. The number of halogens is 10. The second-order valence-corrected chi connectivity index (χ2v) is 14.2. The zero-order valence-corrected chi connectivity index (χ0v) is 25.4. The molecule has 17 heteroatoms. The zero-order valence-electron chi connectivity index (χ0n) is 24.6. The fraction of sp³-hybridized carbons (Fsp3) is 0.533. The number of likely N-dealkylation sites (tertiary alicyclic amines) is 1. The number of amides is 1. The molecule has 1 atom stereocenters. The molecule has 1 amide bonds. The fourth-order valence-corrected chi connectivity index (χ4v) is 8.72. The van der Waals surface area contributed by atoms with E-state index < -0.39 is 96.5 Å². The minimum atomic E-state index is -6.46. The lowest BCUT2D eigenvalue weighted by Gasteiger charge is -2.40. The summed E-state index contributed by atoms with van der Waals surface area (Å²) in [6.45, 7) is 0.610. The van der Waals surface area contributed by atoms with Gasteiger partial charge in [-0.1, -0.05) is 37.3 Å². The van der Waals surface area contributed by atoms with Crippen LogP contribution in [0.2, 0.25) is 0 Å². The molecule has 1 aliphatic heterocycles. The molecule has 6 nitrogen and oxygen atoms in total. The second-order valence-electron chi connectivity index (χ2n) is 12.0. The summed E-state index contributed by atoms with van der Waals surface area (Å²) in [5.74, 6) is -2.33. The molecule has 2 aromatic carbocycles. The first kappa shape index (κ1) is 36.5. The molecule has 2 aromatic rings. The van der Waals surface area contributed by atoms with E-state index in [-0.39, 0.29) is 50.8 Å². The first-order valence-corrected chi connectivity index (χ1v) is 15.8. The van der Waals surface area contributed by atoms with Gasteiger partial charge in [-0.25, -0.2) is 12.8 Å². The standard InChI is InChI=1S/C30H29F10NO5S/c1-2-25(12-10-18(11-13-25)23(42)43)24(44)41-15-14-26(17-41,47(45,46)22-5-3-4-21(16-22)28(32,33)34)19-6-8-20(9-7-19)27(31,29(35,36)37)30(38,39)40/h3-9,16,18H,2,10-15,17H2,1H3,(H,42,43). The highest BCUT2D eigenvalue weighted by atomic mass is 32.2. The van der Waals surface area contributed by atoms with Gasteiger partial charge in [0.2, 0.25) is 5.91 Å². The number of hydrogen-bond donors (Lipinski definition) is 1. The predicted molar refractivity (Wildman–Crippen MR) is 145 cm³/mol. The normalized spacial score (nSPS) is 24.7. The van der Waals surface area contributed by atoms with Gasteiger partial charge in [0.15, 0.2) is 9.84 Å². The van der Waals surface area contributed by atoms with Gasteiger partial charge in [-0.05, 0) is 62.3 Å². The number of carbonyl (C=O) groups excluding carboxylic acids is 1. The van der Waals surface area contributed by atoms with E-state index in [0.717, 1.165) is 17.0 Å². The number of rotatable bonds is 7. The van der Waals surface area contributed by atoms with E-state index in [1.807, 2.05) is 0 Å². The predicted octanol–water partition coefficient (Wildman–Crippen LogP) is 7.57. The molecular weight excluding hydrogens is 676 g/mol. The van der Waals surface area contributed by atoms with Gasteiger partial charge < -0.3 is 10.0 Å². The largest absolute Gasteiger partial charge is 0.481 e. The molecule has 47 heavy (non-hydrogen) atoms. The Morgan fingerprint density at radius 1 is 0.851 bits per heavy atom. The summed E-state index contributed by atoms with van der Waals surface area (Å²) in [6, 6.07) is 3.88. The monoisotopic (exact) mass is 705 g/mol. The summed E-state index contributed by atoms with van der Waals surface area (Å²) in [4.78, 5) is 25.7. The van der Waals surface area contributed by atoms with Crippen LogP contribution >= 0.6 is 0 Å². The van der Waals surface area contributed by atoms with Gasteiger partial charge in [0.25, 0.3) is 0 Å². The van der Waals surface area contributed by atoms with E-state index in [0.29, 0.717) is 24.3 Å². The van der Waals surface area contributed by atoms with Crippen molar-refractivity contribution in [1.82, 2.24) is 4.90 Å². The summed E-state index contributed by atoms with van der Waals surface area (Å²) in [7, 11) is -4.99. The van der Waals surface area contributed by atoms with Gasteiger partial charge >= 0.3 is 30.2 Å². The van der Waals surface area contributed by atoms with Gasteiger partial charge in [0.1, 0.15) is 4.75 Å². The van der Waals surface area contributed by atoms with Crippen LogP contribution in [-0.4, -0.2) is 55.7 Å². The molecule has 1 unspecified atom stereocenters. The summed E-state index contributed by atoms with van der Waals surface area (Å²) in [6.07, 6.45) is -17.7. The molecule has 1 heterocycles. The lowest BCUT2D eigenvalue weighted by atomic mass is 9.68. The number of carboxylic acids is 1. The molecule has 2 aliphatic rings. The van der Waals surface area contributed by atoms with Crippen LogP contribution in [0.1, 0.15) is 62.1 Å². The summed E-state index contributed by atoms with van der Waals surface area (Å²) < 4.78 is 162. The van der Waals surface area contributed by atoms with Gasteiger partial charge in [-0.15, -0.1) is 0 Å². The Labute approximate surface area is 262 Å². The van der Waals surface area contributed by atoms with Crippen molar-refractivity contribution in [2.75, 3.05) is 13.1 Å². The minimum absolute atomic E-state index is 0.116. The summed E-state index contributed by atoms with van der Waals surface area (Å²) >= 11 is 0. The van der Waals surface area contributed by atoms with E-state index in [9.17, 15) is 67.0 Å². The lowest BCUT2D eigenvalue weighted by Crippen LogP contribution is -2.50. The van der Waals surface area contributed by atoms with Crippen LogP contribution in [0.15, 0.2) is 53.4 Å². The fourth-order valence-electron chi connectivity index (χ4n) is 6.59. The third-order valence-corrected chi connectivity index (χ3v) is 12.0. The summed E-state index contributed by atoms with van der Waals surface area (Å²) in [5, 5.41) is 9.37. The average Bonchev–Trinajstić information content (AvgIpc) is 3.46. The van der Waals surface area contributed by atoms with Crippen molar-refractivity contribution in [3.63, 3.8) is 0 Å². The Bertz CT molecular complexity index is 1600. The zero-order chi connectivity index (χ0) is 35.4. The van der Waals surface area contributed by atoms with Crippen LogP contribution in [0.25, 0.3) is 0 Å². The Morgan fingerprint density at radius 2 is 1.40 bits per heavy atom. The highest BCUT2D eigenvalue weighted by molar-refractivity contribution is 7.92. The van der Waals surface area contributed by atoms with Crippen LogP contribution in [0.4, 0.5) is 43.9 Å². The topological polar surface area (TPSA) is 91.8 Å². The molecule has 260 valence electrons. The second kappa shape index (κ2) is 11.9. The van der Waals surface area contributed by atoms with Gasteiger partial charge in [-0.3, -0.25) is 9.59 Å². The van der Waals surface area contributed by atoms with E-state index in [1.165, 1.54) is 0 Å². The number of sulfone groups is 1. The smallest absolute Gasteiger partial charge is 0.435 e. The van der Waals surface area contributed by atoms with E-state index >= 15 is 0 Å². The van der Waals surface area contributed by atoms with Crippen LogP contribution in [-0.2, 0) is 36.0 Å². The molecule has 0 spiro atoms. The number of hydrogen-bond acceptors (Lipinski definition) is 4. The highest BCUT2D eigenvalue weighted by Crippen LogP contribution is 2.54. The highest BCUT2D eigenvalue weighted by Gasteiger charge is 2.73. The lowest BCUT2D eigenvalue weighted by molar-refractivity contribution is -0.348. The molecule has 1 saturated heterocycles. The molecule has 1 N–H and O–H groups in total. The van der Waals surface area contributed by atoms with E-state index in [1.54, 1.807) is 6.92 Å². The maximum Gasteiger partial charge on any atom is 0.435 e. The molecule has 1 aliphatic carbocycles. The molecule has 0 aromatic heterocycles. The average molecular weight is 706 g/mol. The molecular formula is C30H29F10NO5S. The molecule has 2 fully saturated rings. The van der Waals surface area contributed by atoms with Crippen molar-refractivity contribution in [1.29, 1.82) is 0 Å². The molecule has 0 radical (unpaired) electrons. The van der Waals surface area contributed by atoms with Gasteiger partial charge in [0.05, 0.1) is 16.4 Å². The van der Waals surface area contributed by atoms with Crippen LogP contribution in [0.5, 0.6) is 0 Å². The van der Waals surface area contributed by atoms with Crippen molar-refractivity contribution in [2.45, 2.75) is 79.3 Å². The Hall–Kier alpha value is -3.37. The van der Waals surface area contributed by atoms with Crippen molar-refractivity contribution in [3.05, 3.63) is 65.2 Å². The SMILES string of the molecule is CCC1(C(=O)N2CCC(c3ccc(C(F)(C(F)(F)F)C(F)(F)F)cc3)(S(=O)(=O)c3cccc(C(F)(F)F)c3)C2)CCC(C(=O)O)CC1. The number of carbonyl (C=O) groups is 2. The third-order valence-electron chi connectivity index (χ3n) is 9.52. The van der Waals surface area contributed by atoms with E-state index in [2.05, 4.69) is 0 Å². The van der Waals surface area contributed by atoms with Crippen LogP contribution < -0.4 is 0 Å². The van der Waals surface area contributed by atoms with Crippen molar-refractivity contribution >= 4 is 21.7 Å². The third kappa shape index (κ3) is 6.07. The number of carboxylic acid groups (broad SMARTS) is 1. The minimum Gasteiger partial charge on any atom is -0.481 e. The number of benzene rings is 2. The van der Waals surface area contributed by atoms with Crippen molar-refractivity contribution in [3.8, 4) is 0 Å². The molecule has 1 saturated carbocycles. The maximum atomic E-state index is 14.8. The number of nitrogens with zero attached hydrogens (tertiary/aromatic N) is 1. The van der Waals surface area contributed by atoms with Crippen molar-refractivity contribution in [2.24, 2.45) is 11.3 Å². The number of alkyl halides is 10. The van der Waals surface area contributed by atoms with Crippen molar-refractivity contribution < 1.29 is 67.0 Å². The van der Waals surface area contributed by atoms with Gasteiger partial charge in [0, 0.05) is 24.1 Å².